The Morgan fingerprint density at radius 2 is 1.96 bits per heavy atom. The first-order valence-corrected chi connectivity index (χ1v) is 7.84. The molecule has 1 aliphatic rings. The minimum Gasteiger partial charge on any atom is -0.350 e. The lowest BCUT2D eigenvalue weighted by Gasteiger charge is -2.31. The Labute approximate surface area is 136 Å². The van der Waals surface area contributed by atoms with Crippen molar-refractivity contribution in [3.8, 4) is 0 Å². The monoisotopic (exact) mass is 338 g/mol. The normalized spacial score (nSPS) is 21.6. The zero-order valence-corrected chi connectivity index (χ0v) is 12.8. The summed E-state index contributed by atoms with van der Waals surface area (Å²) in [6.07, 6.45) is -3.32. The third kappa shape index (κ3) is 3.44. The molecule has 2 aromatic rings. The highest BCUT2D eigenvalue weighted by molar-refractivity contribution is 5.95. The average molecular weight is 338 g/mol. The second-order valence-electron chi connectivity index (χ2n) is 6.17. The molecule has 1 amide bonds. The van der Waals surface area contributed by atoms with E-state index in [2.05, 4.69) is 10.3 Å². The Kier molecular flexibility index (Phi) is 4.34. The molecule has 4 nitrogen and oxygen atoms in total. The van der Waals surface area contributed by atoms with Gasteiger partial charge in [-0.15, -0.1) is 0 Å². The van der Waals surface area contributed by atoms with Crippen LogP contribution < -0.4 is 10.7 Å². The molecule has 0 saturated heterocycles. The maximum Gasteiger partial charge on any atom is 0.391 e. The van der Waals surface area contributed by atoms with Crippen LogP contribution in [-0.4, -0.2) is 23.1 Å². The smallest absolute Gasteiger partial charge is 0.350 e. The molecule has 1 aromatic heterocycles. The van der Waals surface area contributed by atoms with E-state index < -0.39 is 24.0 Å². The lowest BCUT2D eigenvalue weighted by atomic mass is 9.85. The van der Waals surface area contributed by atoms with Gasteiger partial charge in [0.05, 0.1) is 5.92 Å². The number of nitrogens with one attached hydrogen (secondary N) is 2. The molecule has 2 N–H and O–H groups in total. The van der Waals surface area contributed by atoms with E-state index in [-0.39, 0.29) is 24.0 Å². The maximum absolute atomic E-state index is 12.8. The van der Waals surface area contributed by atoms with Gasteiger partial charge in [-0.25, -0.2) is 0 Å². The lowest BCUT2D eigenvalue weighted by Crippen LogP contribution is -2.42. The molecule has 2 atom stereocenters. The number of H-pyrrole nitrogens is 1. The molecule has 0 spiro atoms. The van der Waals surface area contributed by atoms with E-state index in [1.165, 1.54) is 6.07 Å². The summed E-state index contributed by atoms with van der Waals surface area (Å²) in [5.41, 5.74) is 0.283. The number of benzene rings is 1. The van der Waals surface area contributed by atoms with Crippen molar-refractivity contribution in [3.63, 3.8) is 0 Å². The molecule has 3 rings (SSSR count). The second kappa shape index (κ2) is 6.30. The quantitative estimate of drug-likeness (QED) is 0.882. The van der Waals surface area contributed by atoms with Gasteiger partial charge in [0, 0.05) is 23.0 Å². The highest BCUT2D eigenvalue weighted by Crippen LogP contribution is 2.37. The second-order valence-corrected chi connectivity index (χ2v) is 6.17. The Balaban J connectivity index is 1.77. The van der Waals surface area contributed by atoms with Crippen LogP contribution >= 0.6 is 0 Å². The van der Waals surface area contributed by atoms with Gasteiger partial charge in [0.1, 0.15) is 5.69 Å². The van der Waals surface area contributed by atoms with Crippen LogP contribution in [0.5, 0.6) is 0 Å². The zero-order valence-electron chi connectivity index (χ0n) is 12.8. The van der Waals surface area contributed by atoms with Crippen molar-refractivity contribution in [1.29, 1.82) is 0 Å². The number of aromatic amines is 1. The third-order valence-corrected chi connectivity index (χ3v) is 4.45. The molecule has 7 heteroatoms. The van der Waals surface area contributed by atoms with Crippen LogP contribution in [0.25, 0.3) is 10.9 Å². The van der Waals surface area contributed by atoms with Gasteiger partial charge >= 0.3 is 6.18 Å². The number of fused-ring (bicyclic) bond motifs is 1. The van der Waals surface area contributed by atoms with Gasteiger partial charge in [-0.3, -0.25) is 9.59 Å². The highest BCUT2D eigenvalue weighted by atomic mass is 19.4. The summed E-state index contributed by atoms with van der Waals surface area (Å²) < 4.78 is 38.5. The van der Waals surface area contributed by atoms with Gasteiger partial charge in [0.15, 0.2) is 5.43 Å². The van der Waals surface area contributed by atoms with E-state index in [0.717, 1.165) is 0 Å². The van der Waals surface area contributed by atoms with Gasteiger partial charge in [-0.2, -0.15) is 13.2 Å². The number of aromatic nitrogens is 1. The van der Waals surface area contributed by atoms with E-state index in [0.29, 0.717) is 23.7 Å². The highest BCUT2D eigenvalue weighted by Gasteiger charge is 2.42. The fourth-order valence-corrected chi connectivity index (χ4v) is 3.20. The number of rotatable bonds is 2. The molecule has 1 fully saturated rings. The molecule has 0 aliphatic heterocycles. The number of halogens is 3. The van der Waals surface area contributed by atoms with Gasteiger partial charge < -0.3 is 10.3 Å². The van der Waals surface area contributed by atoms with E-state index in [4.69, 9.17) is 0 Å². The first-order valence-electron chi connectivity index (χ1n) is 7.84. The van der Waals surface area contributed by atoms with Crippen molar-refractivity contribution in [1.82, 2.24) is 10.3 Å². The van der Waals surface area contributed by atoms with Gasteiger partial charge in [0.2, 0.25) is 0 Å². The number of hydrogen-bond donors (Lipinski definition) is 2. The summed E-state index contributed by atoms with van der Waals surface area (Å²) in [4.78, 5) is 27.2. The Morgan fingerprint density at radius 1 is 1.21 bits per heavy atom. The van der Waals surface area contributed by atoms with Crippen LogP contribution in [0.15, 0.2) is 35.1 Å². The molecule has 128 valence electrons. The Hall–Kier alpha value is -2.31. The first kappa shape index (κ1) is 16.5. The first-order chi connectivity index (χ1) is 11.3. The number of para-hydroxylation sites is 1. The van der Waals surface area contributed by atoms with Crippen molar-refractivity contribution in [2.75, 3.05) is 0 Å². The summed E-state index contributed by atoms with van der Waals surface area (Å²) in [6.45, 7) is 0. The molecule has 1 saturated carbocycles. The van der Waals surface area contributed by atoms with Crippen LogP contribution in [0, 0.1) is 5.92 Å². The summed E-state index contributed by atoms with van der Waals surface area (Å²) in [7, 11) is 0. The number of pyridine rings is 1. The predicted octanol–water partition coefficient (Wildman–Crippen LogP) is 3.38. The van der Waals surface area contributed by atoms with Crippen molar-refractivity contribution in [3.05, 3.63) is 46.2 Å². The predicted molar refractivity (Wildman–Crippen MR) is 83.8 cm³/mol. The van der Waals surface area contributed by atoms with E-state index >= 15 is 0 Å². The number of carbonyl (C=O) groups excluding carboxylic acids is 1. The summed E-state index contributed by atoms with van der Waals surface area (Å²) in [5.74, 6) is -1.93. The molecular formula is C17H17F3N2O2. The number of hydrogen-bond acceptors (Lipinski definition) is 2. The van der Waals surface area contributed by atoms with Gasteiger partial charge in [-0.1, -0.05) is 18.6 Å². The van der Waals surface area contributed by atoms with Crippen LogP contribution in [0.4, 0.5) is 13.2 Å². The van der Waals surface area contributed by atoms with Crippen LogP contribution in [0.3, 0.4) is 0 Å². The summed E-state index contributed by atoms with van der Waals surface area (Å²) in [5, 5.41) is 3.08. The van der Waals surface area contributed by atoms with Crippen molar-refractivity contribution in [2.24, 2.45) is 5.92 Å². The van der Waals surface area contributed by atoms with Gasteiger partial charge in [-0.05, 0) is 31.4 Å². The minimum absolute atomic E-state index is 0.0628. The standard InChI is InChI=1S/C17H17F3N2O2/c18-17(19,20)10-4-3-5-11(8-10)21-16(24)14-9-15(23)12-6-1-2-7-13(12)22-14/h1-2,6-7,9-11H,3-5,8H2,(H,21,24)(H,22,23). The fourth-order valence-electron chi connectivity index (χ4n) is 3.20. The molecule has 24 heavy (non-hydrogen) atoms. The van der Waals surface area contributed by atoms with E-state index in [9.17, 15) is 22.8 Å². The van der Waals surface area contributed by atoms with Crippen molar-refractivity contribution < 1.29 is 18.0 Å². The largest absolute Gasteiger partial charge is 0.391 e. The Bertz CT molecular complexity index is 813. The summed E-state index contributed by atoms with van der Waals surface area (Å²) >= 11 is 0. The molecule has 1 aliphatic carbocycles. The fraction of sp³-hybridized carbons (Fsp3) is 0.412. The Morgan fingerprint density at radius 3 is 2.71 bits per heavy atom. The van der Waals surface area contributed by atoms with Gasteiger partial charge in [0.25, 0.3) is 5.91 Å². The third-order valence-electron chi connectivity index (χ3n) is 4.45. The number of carbonyl (C=O) groups is 1. The molecule has 1 aromatic carbocycles. The maximum atomic E-state index is 12.8. The zero-order chi connectivity index (χ0) is 17.3. The van der Waals surface area contributed by atoms with E-state index in [1.807, 2.05) is 0 Å². The molecule has 0 radical (unpaired) electrons. The van der Waals surface area contributed by atoms with Crippen molar-refractivity contribution in [2.45, 2.75) is 37.9 Å². The minimum atomic E-state index is -4.24. The average Bonchev–Trinajstić information content (AvgIpc) is 2.54. The lowest BCUT2D eigenvalue weighted by molar-refractivity contribution is -0.183. The topological polar surface area (TPSA) is 62.0 Å². The number of alkyl halides is 3. The van der Waals surface area contributed by atoms with Crippen LogP contribution in [-0.2, 0) is 0 Å². The SMILES string of the molecule is O=C(NC1CCCC(C(F)(F)F)C1)c1cc(=O)c2ccccc2[nH]1. The summed E-state index contributed by atoms with van der Waals surface area (Å²) in [6, 6.07) is 7.42. The number of amides is 1. The van der Waals surface area contributed by atoms with Crippen LogP contribution in [0.2, 0.25) is 0 Å². The van der Waals surface area contributed by atoms with Crippen molar-refractivity contribution >= 4 is 16.8 Å². The van der Waals surface area contributed by atoms with E-state index in [1.54, 1.807) is 24.3 Å². The van der Waals surface area contributed by atoms with Crippen LogP contribution in [0.1, 0.15) is 36.2 Å². The molecule has 2 unspecified atom stereocenters. The molecule has 0 bridgehead atoms. The molecule has 1 heterocycles. The molecular weight excluding hydrogens is 321 g/mol.